The summed E-state index contributed by atoms with van der Waals surface area (Å²) >= 11 is 0. The van der Waals surface area contributed by atoms with Crippen molar-refractivity contribution in [1.82, 2.24) is 10.6 Å². The number of carbonyl (C=O) groups is 1. The lowest BCUT2D eigenvalue weighted by atomic mass is 10.2. The Morgan fingerprint density at radius 3 is 2.48 bits per heavy atom. The van der Waals surface area contributed by atoms with Gasteiger partial charge in [0.15, 0.2) is 11.6 Å². The monoisotopic (exact) mass is 435 g/mol. The van der Waals surface area contributed by atoms with E-state index in [0.717, 1.165) is 12.8 Å². The molecule has 174 valence electrons. The smallest absolute Gasteiger partial charge is 0.413 e. The molecule has 0 aromatic heterocycles. The lowest BCUT2D eigenvalue weighted by Crippen LogP contribution is -2.35. The van der Waals surface area contributed by atoms with Crippen molar-refractivity contribution in [3.05, 3.63) is 61.1 Å². The van der Waals surface area contributed by atoms with Crippen molar-refractivity contribution in [1.29, 1.82) is 0 Å². The van der Waals surface area contributed by atoms with Gasteiger partial charge in [-0.2, -0.15) is 0 Å². The first-order valence-electron chi connectivity index (χ1n) is 10.1. The Hall–Kier alpha value is -3.36. The molecule has 0 aliphatic carbocycles. The molecule has 0 aromatic rings. The average molecular weight is 436 g/mol. The van der Waals surface area contributed by atoms with E-state index in [-0.39, 0.29) is 30.6 Å². The fraction of sp³-hybridized carbons (Fsp3) is 0.455. The number of unbranched alkanes of at least 4 members (excludes halogenated alkanes) is 1. The second kappa shape index (κ2) is 15.5. The fourth-order valence-electron chi connectivity index (χ4n) is 1.91. The highest BCUT2D eigenvalue weighted by Gasteiger charge is 2.16. The van der Waals surface area contributed by atoms with Gasteiger partial charge in [0.1, 0.15) is 30.4 Å². The van der Waals surface area contributed by atoms with Gasteiger partial charge in [-0.05, 0) is 45.5 Å². The number of rotatable bonds is 14. The van der Waals surface area contributed by atoms with Crippen molar-refractivity contribution in [2.45, 2.75) is 46.1 Å². The Morgan fingerprint density at radius 1 is 1.23 bits per heavy atom. The van der Waals surface area contributed by atoms with Gasteiger partial charge in [-0.1, -0.05) is 32.6 Å². The normalized spacial score (nSPS) is 13.0. The largest absolute Gasteiger partial charge is 0.490 e. The Labute approximate surface area is 185 Å². The van der Waals surface area contributed by atoms with Gasteiger partial charge in [0.05, 0.1) is 0 Å². The van der Waals surface area contributed by atoms with Crippen LogP contribution in [0.1, 0.15) is 40.5 Å². The van der Waals surface area contributed by atoms with Gasteiger partial charge < -0.3 is 31.0 Å². The molecular weight excluding hydrogens is 398 g/mol. The van der Waals surface area contributed by atoms with Gasteiger partial charge >= 0.3 is 6.09 Å². The van der Waals surface area contributed by atoms with E-state index in [1.807, 2.05) is 0 Å². The van der Waals surface area contributed by atoms with Crippen molar-refractivity contribution in [2.75, 3.05) is 19.8 Å². The maximum atomic E-state index is 11.8. The van der Waals surface area contributed by atoms with E-state index in [1.165, 1.54) is 12.4 Å². The molecule has 0 bridgehead atoms. The Bertz CT molecular complexity index is 703. The molecule has 0 saturated carbocycles. The minimum atomic E-state index is -0.631. The SMILES string of the molecule is C=C/C=C(\C=C/N)OCCOC(=CNC(=C)NC(=O)OC(C)(C)C)C(N)=NCCCC. The third-order valence-corrected chi connectivity index (χ3v) is 3.23. The molecule has 1 amide bonds. The van der Waals surface area contributed by atoms with E-state index < -0.39 is 11.7 Å². The summed E-state index contributed by atoms with van der Waals surface area (Å²) < 4.78 is 16.4. The number of nitrogens with zero attached hydrogens (tertiary/aromatic N) is 1. The van der Waals surface area contributed by atoms with Gasteiger partial charge in [0, 0.05) is 12.7 Å². The van der Waals surface area contributed by atoms with Crippen molar-refractivity contribution in [3.8, 4) is 0 Å². The Morgan fingerprint density at radius 2 is 1.90 bits per heavy atom. The molecular formula is C22H37N5O4. The summed E-state index contributed by atoms with van der Waals surface area (Å²) in [5.74, 6) is 1.24. The summed E-state index contributed by atoms with van der Waals surface area (Å²) in [6.07, 6.45) is 8.96. The molecule has 0 heterocycles. The maximum Gasteiger partial charge on any atom is 0.413 e. The van der Waals surface area contributed by atoms with E-state index in [0.29, 0.717) is 12.3 Å². The van der Waals surface area contributed by atoms with E-state index in [9.17, 15) is 4.79 Å². The van der Waals surface area contributed by atoms with Crippen molar-refractivity contribution < 1.29 is 19.0 Å². The highest BCUT2D eigenvalue weighted by atomic mass is 16.6. The summed E-state index contributed by atoms with van der Waals surface area (Å²) in [6, 6.07) is 0. The first-order chi connectivity index (χ1) is 14.6. The number of carbonyl (C=O) groups excluding carboxylic acids is 1. The molecule has 0 aliphatic rings. The summed E-state index contributed by atoms with van der Waals surface area (Å²) in [5.41, 5.74) is 10.8. The number of allylic oxidation sites excluding steroid dienone is 3. The zero-order valence-electron chi connectivity index (χ0n) is 19.1. The number of alkyl carbamates (subject to hydrolysis) is 1. The van der Waals surface area contributed by atoms with Gasteiger partial charge in [-0.25, -0.2) is 4.79 Å². The summed E-state index contributed by atoms with van der Waals surface area (Å²) in [7, 11) is 0. The molecule has 0 unspecified atom stereocenters. The van der Waals surface area contributed by atoms with E-state index >= 15 is 0 Å². The zero-order valence-corrected chi connectivity index (χ0v) is 19.1. The highest BCUT2D eigenvalue weighted by molar-refractivity contribution is 5.95. The first-order valence-corrected chi connectivity index (χ1v) is 10.1. The molecule has 6 N–H and O–H groups in total. The van der Waals surface area contributed by atoms with Crippen LogP contribution in [0, 0.1) is 0 Å². The third kappa shape index (κ3) is 15.2. The highest BCUT2D eigenvalue weighted by Crippen LogP contribution is 2.07. The second-order valence-electron chi connectivity index (χ2n) is 7.24. The van der Waals surface area contributed by atoms with Crippen LogP contribution in [0.4, 0.5) is 4.79 Å². The molecule has 0 saturated heterocycles. The Balaban J connectivity index is 4.98. The lowest BCUT2D eigenvalue weighted by Gasteiger charge is -2.20. The molecule has 31 heavy (non-hydrogen) atoms. The van der Waals surface area contributed by atoms with Crippen LogP contribution in [-0.4, -0.2) is 37.3 Å². The van der Waals surface area contributed by atoms with Crippen molar-refractivity contribution >= 4 is 11.9 Å². The van der Waals surface area contributed by atoms with Crippen LogP contribution in [-0.2, 0) is 14.2 Å². The van der Waals surface area contributed by atoms with Crippen LogP contribution in [0.3, 0.4) is 0 Å². The third-order valence-electron chi connectivity index (χ3n) is 3.23. The zero-order chi connectivity index (χ0) is 23.7. The standard InChI is InChI=1S/C22H37N5O4/c1-7-9-13-25-20(24)19(30-15-14-29-18(10-8-2)11-12-23)16-26-17(3)27-21(28)31-22(4,5)6/h8,10-12,16,26H,2-3,7,9,13-15,23H2,1,4-6H3,(H2,24,25)(H,27,28)/b12-11-,18-10+,19-16?. The predicted molar refractivity (Wildman–Crippen MR) is 125 cm³/mol. The number of nitrogens with one attached hydrogen (secondary N) is 2. The fourth-order valence-corrected chi connectivity index (χ4v) is 1.91. The number of amidine groups is 1. The number of hydrogen-bond acceptors (Lipinski definition) is 7. The number of amides is 1. The molecule has 9 nitrogen and oxygen atoms in total. The Kier molecular flexibility index (Phi) is 13.8. The van der Waals surface area contributed by atoms with Crippen molar-refractivity contribution in [2.24, 2.45) is 16.5 Å². The van der Waals surface area contributed by atoms with Gasteiger partial charge in [-0.15, -0.1) is 0 Å². The predicted octanol–water partition coefficient (Wildman–Crippen LogP) is 3.15. The van der Waals surface area contributed by atoms with Crippen LogP contribution in [0.25, 0.3) is 0 Å². The van der Waals surface area contributed by atoms with Gasteiger partial charge in [0.25, 0.3) is 0 Å². The van der Waals surface area contributed by atoms with Crippen LogP contribution in [0.15, 0.2) is 66.1 Å². The maximum absolute atomic E-state index is 11.8. The number of nitrogens with two attached hydrogens (primary N) is 2. The molecule has 0 aliphatic heterocycles. The van der Waals surface area contributed by atoms with Gasteiger partial charge in [-0.3, -0.25) is 10.3 Å². The van der Waals surface area contributed by atoms with Crippen LogP contribution < -0.4 is 22.1 Å². The van der Waals surface area contributed by atoms with E-state index in [1.54, 1.807) is 39.0 Å². The average Bonchev–Trinajstić information content (AvgIpc) is 2.66. The first kappa shape index (κ1) is 27.6. The lowest BCUT2D eigenvalue weighted by molar-refractivity contribution is 0.0543. The molecule has 0 fully saturated rings. The van der Waals surface area contributed by atoms with E-state index in [4.69, 9.17) is 25.7 Å². The number of aliphatic imine (C=N–C) groups is 1. The minimum Gasteiger partial charge on any atom is -0.490 e. The minimum absolute atomic E-state index is 0.191. The molecule has 0 aromatic carbocycles. The molecule has 0 atom stereocenters. The topological polar surface area (TPSA) is 133 Å². The summed E-state index contributed by atoms with van der Waals surface area (Å²) in [5, 5.41) is 5.30. The van der Waals surface area contributed by atoms with Crippen molar-refractivity contribution in [3.63, 3.8) is 0 Å². The molecule has 0 radical (unpaired) electrons. The van der Waals surface area contributed by atoms with Crippen LogP contribution >= 0.6 is 0 Å². The second-order valence-corrected chi connectivity index (χ2v) is 7.24. The van der Waals surface area contributed by atoms with E-state index in [2.05, 4.69) is 35.7 Å². The molecule has 0 spiro atoms. The quantitative estimate of drug-likeness (QED) is 0.108. The summed E-state index contributed by atoms with van der Waals surface area (Å²) in [6.45, 7) is 15.7. The molecule has 9 heteroatoms. The molecule has 0 rings (SSSR count). The van der Waals surface area contributed by atoms with Crippen LogP contribution in [0.2, 0.25) is 0 Å². The summed E-state index contributed by atoms with van der Waals surface area (Å²) in [4.78, 5) is 16.1. The number of ether oxygens (including phenoxy) is 3. The van der Waals surface area contributed by atoms with Crippen LogP contribution in [0.5, 0.6) is 0 Å². The number of hydrogen-bond donors (Lipinski definition) is 4. The van der Waals surface area contributed by atoms with Gasteiger partial charge in [0.2, 0.25) is 0 Å².